The van der Waals surface area contributed by atoms with E-state index in [4.69, 9.17) is 0 Å². The fourth-order valence-electron chi connectivity index (χ4n) is 2.70. The lowest BCUT2D eigenvalue weighted by molar-refractivity contribution is 0.0948. The van der Waals surface area contributed by atoms with Crippen LogP contribution in [-0.2, 0) is 0 Å². The Labute approximate surface area is 143 Å². The van der Waals surface area contributed by atoms with E-state index in [-0.39, 0.29) is 5.91 Å². The predicted octanol–water partition coefficient (Wildman–Crippen LogP) is 4.07. The summed E-state index contributed by atoms with van der Waals surface area (Å²) in [4.78, 5) is 20.7. The van der Waals surface area contributed by atoms with Crippen LogP contribution in [0.15, 0.2) is 24.4 Å². The lowest BCUT2D eigenvalue weighted by atomic mass is 10.1. The summed E-state index contributed by atoms with van der Waals surface area (Å²) < 4.78 is 0. The first-order chi connectivity index (χ1) is 11.5. The molecule has 1 amide bonds. The second kappa shape index (κ2) is 8.43. The van der Waals surface area contributed by atoms with Crippen LogP contribution in [-0.4, -0.2) is 22.4 Å². The zero-order valence-corrected chi connectivity index (χ0v) is 14.9. The van der Waals surface area contributed by atoms with Crippen molar-refractivity contribution in [2.24, 2.45) is 0 Å². The predicted molar refractivity (Wildman–Crippen MR) is 97.8 cm³/mol. The Hall–Kier alpha value is -2.43. The minimum atomic E-state index is -0.158. The van der Waals surface area contributed by atoms with Gasteiger partial charge in [0.15, 0.2) is 0 Å². The van der Waals surface area contributed by atoms with Crippen molar-refractivity contribution in [2.45, 2.75) is 47.0 Å². The number of aryl methyl sites for hydroxylation is 3. The number of nitrogens with zero attached hydrogens (tertiary/aromatic N) is 2. The lowest BCUT2D eigenvalue weighted by Crippen LogP contribution is -2.25. The molecule has 0 fully saturated rings. The van der Waals surface area contributed by atoms with Gasteiger partial charge in [-0.15, -0.1) is 0 Å². The fourth-order valence-corrected chi connectivity index (χ4v) is 2.70. The molecular weight excluding hydrogens is 300 g/mol. The minimum absolute atomic E-state index is 0.158. The molecule has 1 aromatic carbocycles. The van der Waals surface area contributed by atoms with Gasteiger partial charge in [0, 0.05) is 18.4 Å². The zero-order chi connectivity index (χ0) is 17.5. The third kappa shape index (κ3) is 4.78. The van der Waals surface area contributed by atoms with E-state index in [1.807, 2.05) is 13.8 Å². The van der Waals surface area contributed by atoms with E-state index in [0.29, 0.717) is 18.2 Å². The highest BCUT2D eigenvalue weighted by Crippen LogP contribution is 2.24. The van der Waals surface area contributed by atoms with Crippen molar-refractivity contribution < 1.29 is 4.79 Å². The number of nitrogens with one attached hydrogen (secondary N) is 2. The van der Waals surface area contributed by atoms with Gasteiger partial charge >= 0.3 is 0 Å². The number of carbonyl (C=O) groups is 1. The van der Waals surface area contributed by atoms with Crippen molar-refractivity contribution >= 4 is 17.5 Å². The van der Waals surface area contributed by atoms with Gasteiger partial charge in [-0.25, -0.2) is 9.97 Å². The number of rotatable bonds is 7. The fraction of sp³-hybridized carbons (Fsp3) is 0.421. The lowest BCUT2D eigenvalue weighted by Gasteiger charge is -2.13. The van der Waals surface area contributed by atoms with E-state index in [1.165, 1.54) is 5.56 Å². The van der Waals surface area contributed by atoms with Crippen LogP contribution in [0.2, 0.25) is 0 Å². The molecule has 0 unspecified atom stereocenters. The van der Waals surface area contributed by atoms with Gasteiger partial charge in [0.25, 0.3) is 5.91 Å². The Kier molecular flexibility index (Phi) is 6.29. The Morgan fingerprint density at radius 3 is 2.50 bits per heavy atom. The average Bonchev–Trinajstić information content (AvgIpc) is 2.55. The highest BCUT2D eigenvalue weighted by atomic mass is 16.1. The van der Waals surface area contributed by atoms with E-state index in [9.17, 15) is 4.79 Å². The van der Waals surface area contributed by atoms with Crippen LogP contribution < -0.4 is 10.6 Å². The van der Waals surface area contributed by atoms with Gasteiger partial charge in [0.1, 0.15) is 5.69 Å². The number of anilines is 2. The summed E-state index contributed by atoms with van der Waals surface area (Å²) in [6.45, 7) is 8.98. The van der Waals surface area contributed by atoms with E-state index < -0.39 is 0 Å². The summed E-state index contributed by atoms with van der Waals surface area (Å²) in [7, 11) is 0. The molecule has 5 nitrogen and oxygen atoms in total. The molecule has 0 aliphatic rings. The van der Waals surface area contributed by atoms with Gasteiger partial charge in [0.2, 0.25) is 5.95 Å². The number of amides is 1. The molecule has 2 N–H and O–H groups in total. The SMILES string of the molecule is CCCCCNC(=O)c1ccnc(Nc2c(C)cc(C)cc2C)n1. The summed E-state index contributed by atoms with van der Waals surface area (Å²) >= 11 is 0. The molecule has 2 rings (SSSR count). The molecule has 0 bridgehead atoms. The molecule has 0 atom stereocenters. The number of aromatic nitrogens is 2. The van der Waals surface area contributed by atoms with Crippen LogP contribution in [0.3, 0.4) is 0 Å². The van der Waals surface area contributed by atoms with Crippen LogP contribution in [0.25, 0.3) is 0 Å². The zero-order valence-electron chi connectivity index (χ0n) is 14.9. The van der Waals surface area contributed by atoms with Crippen LogP contribution in [0.4, 0.5) is 11.6 Å². The Bertz CT molecular complexity index is 689. The second-order valence-electron chi connectivity index (χ2n) is 6.13. The smallest absolute Gasteiger partial charge is 0.270 e. The quantitative estimate of drug-likeness (QED) is 0.753. The van der Waals surface area contributed by atoms with Crippen molar-refractivity contribution in [3.63, 3.8) is 0 Å². The van der Waals surface area contributed by atoms with E-state index in [0.717, 1.165) is 36.1 Å². The molecule has 2 aromatic rings. The first-order valence-electron chi connectivity index (χ1n) is 8.47. The summed E-state index contributed by atoms with van der Waals surface area (Å²) in [5, 5.41) is 6.14. The maximum Gasteiger partial charge on any atom is 0.270 e. The first-order valence-corrected chi connectivity index (χ1v) is 8.47. The summed E-state index contributed by atoms with van der Waals surface area (Å²) in [6.07, 6.45) is 4.84. The third-order valence-corrected chi connectivity index (χ3v) is 3.87. The molecule has 0 spiro atoms. The molecule has 1 aromatic heterocycles. The van der Waals surface area contributed by atoms with Crippen LogP contribution in [0, 0.1) is 20.8 Å². The van der Waals surface area contributed by atoms with Crippen molar-refractivity contribution in [1.29, 1.82) is 0 Å². The standard InChI is InChI=1S/C19H26N4O/c1-5-6-7-9-20-18(24)16-8-10-21-19(22-16)23-17-14(3)11-13(2)12-15(17)4/h8,10-12H,5-7,9H2,1-4H3,(H,20,24)(H,21,22,23). The van der Waals surface area contributed by atoms with E-state index in [2.05, 4.69) is 46.6 Å². The second-order valence-corrected chi connectivity index (χ2v) is 6.13. The van der Waals surface area contributed by atoms with Gasteiger partial charge in [-0.2, -0.15) is 0 Å². The van der Waals surface area contributed by atoms with Crippen molar-refractivity contribution in [2.75, 3.05) is 11.9 Å². The molecular formula is C19H26N4O. The highest BCUT2D eigenvalue weighted by Gasteiger charge is 2.10. The van der Waals surface area contributed by atoms with E-state index in [1.54, 1.807) is 12.3 Å². The molecule has 0 radical (unpaired) electrons. The van der Waals surface area contributed by atoms with Crippen molar-refractivity contribution in [1.82, 2.24) is 15.3 Å². The topological polar surface area (TPSA) is 66.9 Å². The van der Waals surface area contributed by atoms with Gasteiger partial charge in [-0.1, -0.05) is 37.5 Å². The molecule has 24 heavy (non-hydrogen) atoms. The van der Waals surface area contributed by atoms with Crippen LogP contribution in [0.5, 0.6) is 0 Å². The van der Waals surface area contributed by atoms with Crippen LogP contribution in [0.1, 0.15) is 53.4 Å². The summed E-state index contributed by atoms with van der Waals surface area (Å²) in [6, 6.07) is 5.86. The molecule has 128 valence electrons. The summed E-state index contributed by atoms with van der Waals surface area (Å²) in [5.41, 5.74) is 4.85. The number of carbonyl (C=O) groups excluding carboxylic acids is 1. The molecule has 0 saturated carbocycles. The number of hydrogen-bond donors (Lipinski definition) is 2. The Balaban J connectivity index is 2.09. The number of unbranched alkanes of at least 4 members (excludes halogenated alkanes) is 2. The first kappa shape index (κ1) is 17.9. The molecule has 0 saturated heterocycles. The van der Waals surface area contributed by atoms with Gasteiger partial charge < -0.3 is 10.6 Å². The largest absolute Gasteiger partial charge is 0.351 e. The number of benzene rings is 1. The summed E-state index contributed by atoms with van der Waals surface area (Å²) in [5.74, 6) is 0.278. The number of hydrogen-bond acceptors (Lipinski definition) is 4. The van der Waals surface area contributed by atoms with Crippen molar-refractivity contribution in [3.8, 4) is 0 Å². The normalized spacial score (nSPS) is 10.5. The average molecular weight is 326 g/mol. The minimum Gasteiger partial charge on any atom is -0.351 e. The molecule has 0 aliphatic heterocycles. The third-order valence-electron chi connectivity index (χ3n) is 3.87. The van der Waals surface area contributed by atoms with Gasteiger partial charge in [0.05, 0.1) is 0 Å². The Morgan fingerprint density at radius 2 is 1.83 bits per heavy atom. The van der Waals surface area contributed by atoms with Gasteiger partial charge in [-0.3, -0.25) is 4.79 Å². The van der Waals surface area contributed by atoms with E-state index >= 15 is 0 Å². The van der Waals surface area contributed by atoms with Gasteiger partial charge in [-0.05, 0) is 44.4 Å². The molecule has 1 heterocycles. The van der Waals surface area contributed by atoms with Crippen LogP contribution >= 0.6 is 0 Å². The molecule has 0 aliphatic carbocycles. The Morgan fingerprint density at radius 1 is 1.12 bits per heavy atom. The highest BCUT2D eigenvalue weighted by molar-refractivity contribution is 5.92. The maximum atomic E-state index is 12.2. The monoisotopic (exact) mass is 326 g/mol. The maximum absolute atomic E-state index is 12.2. The molecule has 5 heteroatoms. The van der Waals surface area contributed by atoms with Crippen molar-refractivity contribution in [3.05, 3.63) is 46.8 Å².